The van der Waals surface area contributed by atoms with E-state index in [-0.39, 0.29) is 0 Å². The van der Waals surface area contributed by atoms with Crippen LogP contribution in [0, 0.1) is 3.57 Å². The number of halogens is 2. The second-order valence-electron chi connectivity index (χ2n) is 4.91. The molecule has 2 heteroatoms. The maximum absolute atomic E-state index is 3.68. The third-order valence-corrected chi connectivity index (χ3v) is 5.64. The Balaban J connectivity index is 2.33. The number of fused-ring (bicyclic) bond motifs is 4. The van der Waals surface area contributed by atoms with E-state index in [4.69, 9.17) is 0 Å². The minimum atomic E-state index is 1.16. The topological polar surface area (TPSA) is 0 Å². The molecule has 4 rings (SSSR count). The summed E-state index contributed by atoms with van der Waals surface area (Å²) in [6, 6.07) is 21.7. The van der Waals surface area contributed by atoms with Crippen LogP contribution in [0.4, 0.5) is 0 Å². The molecule has 0 aromatic heterocycles. The maximum atomic E-state index is 3.68. The standard InChI is InChI=1S/C18H10BrI/c19-17-7-3-6-13-16(17)10-15-12-5-2-1-4-11(12)8-9-14(15)18(13)20/h1-10H. The summed E-state index contributed by atoms with van der Waals surface area (Å²) >= 11 is 6.14. The summed E-state index contributed by atoms with van der Waals surface area (Å²) in [5.41, 5.74) is 0. The number of hydrogen-bond donors (Lipinski definition) is 0. The van der Waals surface area contributed by atoms with Crippen LogP contribution in [0.3, 0.4) is 0 Å². The molecule has 4 aromatic carbocycles. The van der Waals surface area contributed by atoms with Crippen LogP contribution >= 0.6 is 38.5 Å². The van der Waals surface area contributed by atoms with Gasteiger partial charge in [-0.1, -0.05) is 64.5 Å². The van der Waals surface area contributed by atoms with Gasteiger partial charge in [-0.2, -0.15) is 0 Å². The summed E-state index contributed by atoms with van der Waals surface area (Å²) in [5, 5.41) is 7.85. The number of benzene rings is 4. The lowest BCUT2D eigenvalue weighted by atomic mass is 9.98. The minimum absolute atomic E-state index is 1.16. The van der Waals surface area contributed by atoms with E-state index in [2.05, 4.69) is 99.2 Å². The van der Waals surface area contributed by atoms with Crippen LogP contribution < -0.4 is 0 Å². The van der Waals surface area contributed by atoms with Crippen LogP contribution in [0.15, 0.2) is 65.1 Å². The highest BCUT2D eigenvalue weighted by Crippen LogP contribution is 2.36. The zero-order valence-corrected chi connectivity index (χ0v) is 14.3. The summed E-state index contributed by atoms with van der Waals surface area (Å²) in [6.07, 6.45) is 0. The van der Waals surface area contributed by atoms with Crippen LogP contribution in [-0.2, 0) is 0 Å². The molecular weight excluding hydrogens is 423 g/mol. The van der Waals surface area contributed by atoms with Crippen molar-refractivity contribution < 1.29 is 0 Å². The van der Waals surface area contributed by atoms with Crippen molar-refractivity contribution in [3.8, 4) is 0 Å². The molecule has 0 saturated heterocycles. The third kappa shape index (κ3) is 1.78. The van der Waals surface area contributed by atoms with Gasteiger partial charge >= 0.3 is 0 Å². The van der Waals surface area contributed by atoms with Crippen molar-refractivity contribution in [1.29, 1.82) is 0 Å². The van der Waals surface area contributed by atoms with Gasteiger partial charge in [-0.3, -0.25) is 0 Å². The van der Waals surface area contributed by atoms with E-state index in [1.54, 1.807) is 0 Å². The second kappa shape index (κ2) is 4.71. The first-order valence-corrected chi connectivity index (χ1v) is 8.31. The molecule has 0 aliphatic heterocycles. The Kier molecular flexibility index (Phi) is 2.97. The molecule has 20 heavy (non-hydrogen) atoms. The van der Waals surface area contributed by atoms with Gasteiger partial charge in [0.15, 0.2) is 0 Å². The predicted octanol–water partition coefficient (Wildman–Crippen LogP) is 6.51. The lowest BCUT2D eigenvalue weighted by Gasteiger charge is -2.10. The average molecular weight is 433 g/mol. The molecular formula is C18H10BrI. The molecule has 96 valence electrons. The molecule has 0 aliphatic carbocycles. The molecule has 0 spiro atoms. The van der Waals surface area contributed by atoms with Crippen LogP contribution in [-0.4, -0.2) is 0 Å². The molecule has 0 nitrogen and oxygen atoms in total. The minimum Gasteiger partial charge on any atom is -0.0616 e. The lowest BCUT2D eigenvalue weighted by molar-refractivity contribution is 1.72. The monoisotopic (exact) mass is 432 g/mol. The van der Waals surface area contributed by atoms with Gasteiger partial charge in [-0.15, -0.1) is 0 Å². The van der Waals surface area contributed by atoms with Crippen molar-refractivity contribution in [2.75, 3.05) is 0 Å². The predicted molar refractivity (Wildman–Crippen MR) is 99.4 cm³/mol. The van der Waals surface area contributed by atoms with Crippen molar-refractivity contribution in [3.63, 3.8) is 0 Å². The summed E-state index contributed by atoms with van der Waals surface area (Å²) in [6.45, 7) is 0. The van der Waals surface area contributed by atoms with Gasteiger partial charge in [0.05, 0.1) is 0 Å². The van der Waals surface area contributed by atoms with E-state index in [0.717, 1.165) is 4.47 Å². The Bertz CT molecular complexity index is 973. The van der Waals surface area contributed by atoms with Crippen LogP contribution in [0.5, 0.6) is 0 Å². The molecule has 0 unspecified atom stereocenters. The first kappa shape index (κ1) is 12.6. The second-order valence-corrected chi connectivity index (χ2v) is 6.84. The number of hydrogen-bond acceptors (Lipinski definition) is 0. The van der Waals surface area contributed by atoms with Gasteiger partial charge in [-0.05, 0) is 67.0 Å². The fourth-order valence-electron chi connectivity index (χ4n) is 2.81. The van der Waals surface area contributed by atoms with E-state index >= 15 is 0 Å². The van der Waals surface area contributed by atoms with Crippen molar-refractivity contribution in [2.24, 2.45) is 0 Å². The van der Waals surface area contributed by atoms with Crippen LogP contribution in [0.1, 0.15) is 0 Å². The lowest BCUT2D eigenvalue weighted by Crippen LogP contribution is -1.85. The van der Waals surface area contributed by atoms with Gasteiger partial charge in [-0.25, -0.2) is 0 Å². The molecule has 0 bridgehead atoms. The van der Waals surface area contributed by atoms with Gasteiger partial charge in [0.25, 0.3) is 0 Å². The van der Waals surface area contributed by atoms with Crippen molar-refractivity contribution in [1.82, 2.24) is 0 Å². The Morgan fingerprint density at radius 3 is 2.30 bits per heavy atom. The van der Waals surface area contributed by atoms with Gasteiger partial charge in [0, 0.05) is 8.04 Å². The van der Waals surface area contributed by atoms with E-state index in [9.17, 15) is 0 Å². The fourth-order valence-corrected chi connectivity index (χ4v) is 4.23. The van der Waals surface area contributed by atoms with E-state index in [1.807, 2.05) is 0 Å². The molecule has 0 fully saturated rings. The van der Waals surface area contributed by atoms with Crippen molar-refractivity contribution in [2.45, 2.75) is 0 Å². The first-order valence-electron chi connectivity index (χ1n) is 6.44. The van der Waals surface area contributed by atoms with Gasteiger partial charge < -0.3 is 0 Å². The molecule has 0 saturated carbocycles. The maximum Gasteiger partial charge on any atom is 0.0287 e. The largest absolute Gasteiger partial charge is 0.0616 e. The summed E-state index contributed by atoms with van der Waals surface area (Å²) in [4.78, 5) is 0. The Morgan fingerprint density at radius 1 is 0.650 bits per heavy atom. The summed E-state index contributed by atoms with van der Waals surface area (Å²) in [7, 11) is 0. The van der Waals surface area contributed by atoms with E-state index in [0.29, 0.717) is 0 Å². The molecule has 4 aromatic rings. The Labute approximate surface area is 139 Å². The average Bonchev–Trinajstić information content (AvgIpc) is 2.48. The van der Waals surface area contributed by atoms with Gasteiger partial charge in [0.1, 0.15) is 0 Å². The Hall–Kier alpha value is -1.13. The van der Waals surface area contributed by atoms with Crippen molar-refractivity contribution >= 4 is 70.8 Å². The zero-order valence-electron chi connectivity index (χ0n) is 10.5. The quantitative estimate of drug-likeness (QED) is 0.169. The molecule has 0 atom stereocenters. The highest BCUT2D eigenvalue weighted by molar-refractivity contribution is 14.1. The fraction of sp³-hybridized carbons (Fsp3) is 0. The normalized spacial score (nSPS) is 11.5. The smallest absolute Gasteiger partial charge is 0.0287 e. The Morgan fingerprint density at radius 2 is 1.40 bits per heavy atom. The highest BCUT2D eigenvalue weighted by atomic mass is 127. The van der Waals surface area contributed by atoms with Gasteiger partial charge in [0.2, 0.25) is 0 Å². The third-order valence-electron chi connectivity index (χ3n) is 3.79. The molecule has 0 radical (unpaired) electrons. The van der Waals surface area contributed by atoms with Crippen LogP contribution in [0.2, 0.25) is 0 Å². The first-order chi connectivity index (χ1) is 9.75. The van der Waals surface area contributed by atoms with E-state index in [1.165, 1.54) is 35.9 Å². The highest BCUT2D eigenvalue weighted by Gasteiger charge is 2.09. The van der Waals surface area contributed by atoms with Crippen molar-refractivity contribution in [3.05, 3.63) is 68.7 Å². The summed E-state index contributed by atoms with van der Waals surface area (Å²) < 4.78 is 2.48. The van der Waals surface area contributed by atoms with Crippen LogP contribution in [0.25, 0.3) is 32.3 Å². The summed E-state index contributed by atoms with van der Waals surface area (Å²) in [5.74, 6) is 0. The zero-order chi connectivity index (χ0) is 13.7. The number of rotatable bonds is 0. The SMILES string of the molecule is Brc1cccc2c(I)c3ccc4ccccc4c3cc12. The molecule has 0 amide bonds. The van der Waals surface area contributed by atoms with E-state index < -0.39 is 0 Å². The molecule has 0 aliphatic rings. The molecule has 0 N–H and O–H groups in total. The molecule has 0 heterocycles.